The Balaban J connectivity index is 1.92. The molecular formula is C23H25N5O5S2. The summed E-state index contributed by atoms with van der Waals surface area (Å²) in [6, 6.07) is 2.65. The van der Waals surface area contributed by atoms with Crippen molar-refractivity contribution in [1.82, 2.24) is 19.6 Å². The molecule has 12 heteroatoms. The number of carbonyl (C=O) groups is 3. The number of amides is 2. The molecule has 0 aromatic carbocycles. The maximum atomic E-state index is 13.7. The minimum absolute atomic E-state index is 0.148. The van der Waals surface area contributed by atoms with Crippen LogP contribution in [0.5, 0.6) is 0 Å². The fourth-order valence-electron chi connectivity index (χ4n) is 4.11. The number of ether oxygens (including phenoxy) is 1. The highest BCUT2D eigenvalue weighted by molar-refractivity contribution is 8.26. The molecule has 2 fully saturated rings. The molecule has 0 aliphatic carbocycles. The minimum Gasteiger partial charge on any atom is -0.469 e. The Morgan fingerprint density at radius 1 is 1.37 bits per heavy atom. The smallest absolute Gasteiger partial charge is 0.308 e. The lowest BCUT2D eigenvalue weighted by molar-refractivity contribution is -0.143. The number of fused-ring (bicyclic) bond motifs is 1. The number of esters is 1. The summed E-state index contributed by atoms with van der Waals surface area (Å²) in [5.74, 6) is -0.973. The molecule has 2 aromatic rings. The fraction of sp³-hybridized carbons (Fsp3) is 0.391. The molecule has 184 valence electrons. The zero-order valence-electron chi connectivity index (χ0n) is 19.6. The lowest BCUT2D eigenvalue weighted by Crippen LogP contribution is -2.57. The molecule has 35 heavy (non-hydrogen) atoms. The monoisotopic (exact) mass is 515 g/mol. The van der Waals surface area contributed by atoms with Crippen molar-refractivity contribution >= 4 is 63.6 Å². The van der Waals surface area contributed by atoms with Gasteiger partial charge in [0.25, 0.3) is 11.5 Å². The van der Waals surface area contributed by atoms with Gasteiger partial charge in [0.1, 0.15) is 21.8 Å². The number of thioether (sulfide) groups is 1. The van der Waals surface area contributed by atoms with Gasteiger partial charge in [-0.15, -0.1) is 0 Å². The van der Waals surface area contributed by atoms with E-state index in [-0.39, 0.29) is 29.6 Å². The number of anilines is 1. The first kappa shape index (κ1) is 24.9. The molecule has 0 unspecified atom stereocenters. The second-order valence-electron chi connectivity index (χ2n) is 8.15. The summed E-state index contributed by atoms with van der Waals surface area (Å²) in [4.78, 5) is 59.7. The summed E-state index contributed by atoms with van der Waals surface area (Å²) >= 11 is 6.50. The number of hydrogen-bond acceptors (Lipinski definition) is 9. The first-order valence-corrected chi connectivity index (χ1v) is 12.4. The molecule has 0 spiro atoms. The van der Waals surface area contributed by atoms with Gasteiger partial charge in [0.2, 0.25) is 5.91 Å². The summed E-state index contributed by atoms with van der Waals surface area (Å²) in [5.41, 5.74) is 0.940. The number of aryl methyl sites for hydroxylation is 1. The van der Waals surface area contributed by atoms with E-state index in [4.69, 9.17) is 21.9 Å². The number of nitrogens with zero attached hydrogens (tertiary/aromatic N) is 4. The normalized spacial score (nSPS) is 19.6. The third-order valence-corrected chi connectivity index (χ3v) is 7.23. The Hall–Kier alpha value is -3.25. The Kier molecular flexibility index (Phi) is 7.22. The van der Waals surface area contributed by atoms with Crippen LogP contribution in [0.4, 0.5) is 5.82 Å². The summed E-state index contributed by atoms with van der Waals surface area (Å²) in [6.45, 7) is 4.89. The van der Waals surface area contributed by atoms with Crippen LogP contribution in [-0.2, 0) is 19.1 Å². The van der Waals surface area contributed by atoms with Gasteiger partial charge in [-0.3, -0.25) is 28.5 Å². The number of rotatable bonds is 6. The molecular weight excluding hydrogens is 490 g/mol. The van der Waals surface area contributed by atoms with Crippen LogP contribution in [0.15, 0.2) is 28.0 Å². The van der Waals surface area contributed by atoms with Gasteiger partial charge in [0.15, 0.2) is 0 Å². The molecule has 2 aliphatic rings. The van der Waals surface area contributed by atoms with E-state index in [1.54, 1.807) is 17.2 Å². The van der Waals surface area contributed by atoms with Crippen LogP contribution in [-0.4, -0.2) is 69.2 Å². The predicted octanol–water partition coefficient (Wildman–Crippen LogP) is 1.48. The zero-order chi connectivity index (χ0) is 25.3. The van der Waals surface area contributed by atoms with Gasteiger partial charge >= 0.3 is 5.97 Å². The van der Waals surface area contributed by atoms with Gasteiger partial charge in [0.05, 0.1) is 24.0 Å². The van der Waals surface area contributed by atoms with E-state index in [1.165, 1.54) is 22.5 Å². The Morgan fingerprint density at radius 2 is 2.14 bits per heavy atom. The molecule has 2 aromatic heterocycles. The van der Waals surface area contributed by atoms with Crippen LogP contribution in [0, 0.1) is 6.92 Å². The van der Waals surface area contributed by atoms with Crippen molar-refractivity contribution in [2.45, 2.75) is 32.7 Å². The maximum absolute atomic E-state index is 13.7. The number of piperazine rings is 1. The SMILES string of the molecule is CCCN1C(=O)/C(=C/c2c(N3CCNC(=O)[C@@H]3CC(=O)OC)nc3c(C)cccn3c2=O)SC1=S. The summed E-state index contributed by atoms with van der Waals surface area (Å²) < 4.78 is 6.63. The highest BCUT2D eigenvalue weighted by atomic mass is 32.2. The molecule has 0 bridgehead atoms. The standard InChI is InChI=1S/C23H25N5O5S2/c1-4-8-28-22(32)16(35-23(28)34)11-14-19(25-18-13(2)6-5-9-27(18)21(14)31)26-10-7-24-20(30)15(26)12-17(29)33-3/h5-6,9,11,15H,4,7-8,10,12H2,1-3H3,(H,24,30)/b16-11-/t15-/m0/s1. The highest BCUT2D eigenvalue weighted by Gasteiger charge is 2.36. The number of thiocarbonyl (C=S) groups is 1. The summed E-state index contributed by atoms with van der Waals surface area (Å²) in [7, 11) is 1.25. The first-order chi connectivity index (χ1) is 16.8. The average molecular weight is 516 g/mol. The van der Waals surface area contributed by atoms with Crippen LogP contribution in [0.3, 0.4) is 0 Å². The number of nitrogens with one attached hydrogen (secondary N) is 1. The van der Waals surface area contributed by atoms with Gasteiger partial charge in [-0.25, -0.2) is 4.98 Å². The second-order valence-corrected chi connectivity index (χ2v) is 9.83. The zero-order valence-corrected chi connectivity index (χ0v) is 21.2. The largest absolute Gasteiger partial charge is 0.469 e. The number of carbonyl (C=O) groups excluding carboxylic acids is 3. The number of aromatic nitrogens is 2. The van der Waals surface area contributed by atoms with Crippen LogP contribution in [0.25, 0.3) is 11.7 Å². The molecule has 1 atom stereocenters. The second kappa shape index (κ2) is 10.2. The third kappa shape index (κ3) is 4.67. The number of hydrogen-bond donors (Lipinski definition) is 1. The Labute approximate surface area is 211 Å². The molecule has 4 rings (SSSR count). The van der Waals surface area contributed by atoms with E-state index in [0.717, 1.165) is 23.7 Å². The van der Waals surface area contributed by atoms with Gasteiger partial charge in [-0.2, -0.15) is 0 Å². The topological polar surface area (TPSA) is 113 Å². The van der Waals surface area contributed by atoms with Gasteiger partial charge < -0.3 is 15.0 Å². The first-order valence-electron chi connectivity index (χ1n) is 11.1. The lowest BCUT2D eigenvalue weighted by atomic mass is 10.1. The molecule has 0 saturated carbocycles. The molecule has 4 heterocycles. The third-order valence-electron chi connectivity index (χ3n) is 5.85. The quantitative estimate of drug-likeness (QED) is 0.347. The molecule has 2 amide bonds. The highest BCUT2D eigenvalue weighted by Crippen LogP contribution is 2.34. The molecule has 1 N–H and O–H groups in total. The van der Waals surface area contributed by atoms with E-state index in [1.807, 2.05) is 19.9 Å². The minimum atomic E-state index is -0.920. The van der Waals surface area contributed by atoms with Crippen LogP contribution < -0.4 is 15.8 Å². The lowest BCUT2D eigenvalue weighted by Gasteiger charge is -2.36. The molecule has 2 aliphatic heterocycles. The maximum Gasteiger partial charge on any atom is 0.308 e. The average Bonchev–Trinajstić information content (AvgIpc) is 3.10. The van der Waals surface area contributed by atoms with Crippen molar-refractivity contribution in [3.05, 3.63) is 44.7 Å². The van der Waals surface area contributed by atoms with Crippen molar-refractivity contribution in [1.29, 1.82) is 0 Å². The van der Waals surface area contributed by atoms with Crippen molar-refractivity contribution in [2.24, 2.45) is 0 Å². The Bertz CT molecular complexity index is 1320. The molecule has 0 radical (unpaired) electrons. The fourth-order valence-corrected chi connectivity index (χ4v) is 5.40. The molecule has 2 saturated heterocycles. The van der Waals surface area contributed by atoms with Crippen LogP contribution in [0.1, 0.15) is 30.9 Å². The molecule has 10 nitrogen and oxygen atoms in total. The Morgan fingerprint density at radius 3 is 2.86 bits per heavy atom. The predicted molar refractivity (Wildman–Crippen MR) is 137 cm³/mol. The van der Waals surface area contributed by atoms with Crippen molar-refractivity contribution in [2.75, 3.05) is 31.6 Å². The summed E-state index contributed by atoms with van der Waals surface area (Å²) in [5, 5.41) is 2.75. The van der Waals surface area contributed by atoms with E-state index in [9.17, 15) is 19.2 Å². The van der Waals surface area contributed by atoms with Crippen LogP contribution in [0.2, 0.25) is 0 Å². The van der Waals surface area contributed by atoms with Gasteiger partial charge in [-0.05, 0) is 31.1 Å². The van der Waals surface area contributed by atoms with Gasteiger partial charge in [-0.1, -0.05) is 37.0 Å². The van der Waals surface area contributed by atoms with E-state index < -0.39 is 17.6 Å². The van der Waals surface area contributed by atoms with Crippen molar-refractivity contribution in [3.8, 4) is 0 Å². The summed E-state index contributed by atoms with van der Waals surface area (Å²) in [6.07, 6.45) is 3.63. The van der Waals surface area contributed by atoms with E-state index in [0.29, 0.717) is 34.5 Å². The van der Waals surface area contributed by atoms with Crippen molar-refractivity contribution < 1.29 is 19.1 Å². The van der Waals surface area contributed by atoms with Crippen LogP contribution >= 0.6 is 24.0 Å². The van der Waals surface area contributed by atoms with Crippen molar-refractivity contribution in [3.63, 3.8) is 0 Å². The van der Waals surface area contributed by atoms with E-state index >= 15 is 0 Å². The van der Waals surface area contributed by atoms with E-state index in [2.05, 4.69) is 5.32 Å². The number of methoxy groups -OCH3 is 1. The van der Waals surface area contributed by atoms with Gasteiger partial charge in [0, 0.05) is 25.8 Å². The number of pyridine rings is 1.